The minimum Gasteiger partial charge on any atom is -0.396 e. The third-order valence-corrected chi connectivity index (χ3v) is 2.62. The molecular weight excluding hydrogens is 222 g/mol. The summed E-state index contributed by atoms with van der Waals surface area (Å²) in [7, 11) is 1.53. The molecule has 0 aromatic rings. The molecule has 0 aliphatic carbocycles. The van der Waals surface area contributed by atoms with Gasteiger partial charge in [-0.1, -0.05) is 13.8 Å². The Hall–Kier alpha value is -1.43. The van der Waals surface area contributed by atoms with Crippen LogP contribution in [-0.2, 0) is 9.59 Å². The monoisotopic (exact) mass is 241 g/mol. The SMILES string of the molecule is CN1N=C(C(=O)NCC(C)(C)CO)CCC1=O. The normalized spacial score (nSPS) is 16.8. The summed E-state index contributed by atoms with van der Waals surface area (Å²) in [5.74, 6) is -0.358. The Morgan fingerprint density at radius 1 is 1.53 bits per heavy atom. The van der Waals surface area contributed by atoms with Gasteiger partial charge in [-0.2, -0.15) is 5.10 Å². The molecule has 0 spiro atoms. The number of hydrogen-bond donors (Lipinski definition) is 2. The lowest BCUT2D eigenvalue weighted by Crippen LogP contribution is -2.42. The van der Waals surface area contributed by atoms with E-state index in [0.29, 0.717) is 25.1 Å². The number of aliphatic hydroxyl groups is 1. The second kappa shape index (κ2) is 5.27. The maximum absolute atomic E-state index is 11.8. The average Bonchev–Trinajstić information content (AvgIpc) is 2.30. The van der Waals surface area contributed by atoms with Gasteiger partial charge in [0.25, 0.3) is 5.91 Å². The van der Waals surface area contributed by atoms with Crippen LogP contribution in [0.1, 0.15) is 26.7 Å². The Labute approximate surface area is 101 Å². The fourth-order valence-electron chi connectivity index (χ4n) is 1.31. The molecule has 0 aromatic carbocycles. The Bertz CT molecular complexity index is 350. The minimum atomic E-state index is -0.355. The first-order chi connectivity index (χ1) is 7.85. The highest BCUT2D eigenvalue weighted by molar-refractivity contribution is 6.39. The Kier molecular flexibility index (Phi) is 4.22. The van der Waals surface area contributed by atoms with Crippen molar-refractivity contribution in [2.75, 3.05) is 20.2 Å². The summed E-state index contributed by atoms with van der Waals surface area (Å²) >= 11 is 0. The van der Waals surface area contributed by atoms with Gasteiger partial charge in [0, 0.05) is 38.5 Å². The van der Waals surface area contributed by atoms with E-state index in [2.05, 4.69) is 10.4 Å². The van der Waals surface area contributed by atoms with E-state index in [0.717, 1.165) is 0 Å². The van der Waals surface area contributed by atoms with Crippen LogP contribution in [0, 0.1) is 5.41 Å². The van der Waals surface area contributed by atoms with Gasteiger partial charge in [0.2, 0.25) is 5.91 Å². The molecule has 0 fully saturated rings. The summed E-state index contributed by atoms with van der Waals surface area (Å²) in [6, 6.07) is 0. The van der Waals surface area contributed by atoms with E-state index in [1.807, 2.05) is 13.8 Å². The number of amides is 2. The Morgan fingerprint density at radius 3 is 2.71 bits per heavy atom. The number of hydrogen-bond acceptors (Lipinski definition) is 4. The maximum atomic E-state index is 11.8. The van der Waals surface area contributed by atoms with E-state index < -0.39 is 0 Å². The molecule has 0 saturated carbocycles. The molecule has 6 nitrogen and oxygen atoms in total. The molecule has 17 heavy (non-hydrogen) atoms. The molecule has 0 atom stereocenters. The molecule has 6 heteroatoms. The van der Waals surface area contributed by atoms with E-state index in [9.17, 15) is 9.59 Å². The van der Waals surface area contributed by atoms with Crippen LogP contribution in [-0.4, -0.2) is 47.8 Å². The van der Waals surface area contributed by atoms with Gasteiger partial charge >= 0.3 is 0 Å². The predicted molar refractivity (Wildman–Crippen MR) is 63.3 cm³/mol. The summed E-state index contributed by atoms with van der Waals surface area (Å²) in [5.41, 5.74) is 0.00733. The smallest absolute Gasteiger partial charge is 0.267 e. The third-order valence-electron chi connectivity index (χ3n) is 2.62. The first kappa shape index (κ1) is 13.6. The molecule has 0 radical (unpaired) electrons. The molecule has 0 unspecified atom stereocenters. The number of nitrogens with zero attached hydrogens (tertiary/aromatic N) is 2. The predicted octanol–water partition coefficient (Wildman–Crippen LogP) is -0.271. The lowest BCUT2D eigenvalue weighted by atomic mass is 9.95. The van der Waals surface area contributed by atoms with Gasteiger partial charge in [-0.05, 0) is 0 Å². The number of rotatable bonds is 4. The van der Waals surface area contributed by atoms with Crippen LogP contribution < -0.4 is 5.32 Å². The van der Waals surface area contributed by atoms with Crippen LogP contribution in [0.15, 0.2) is 5.10 Å². The number of aliphatic hydroxyl groups excluding tert-OH is 1. The summed E-state index contributed by atoms with van der Waals surface area (Å²) in [5, 5.41) is 16.9. The minimum absolute atomic E-state index is 0.00184. The van der Waals surface area contributed by atoms with E-state index in [-0.39, 0.29) is 23.8 Å². The van der Waals surface area contributed by atoms with Gasteiger partial charge < -0.3 is 10.4 Å². The zero-order valence-corrected chi connectivity index (χ0v) is 10.5. The Balaban J connectivity index is 2.54. The molecule has 1 aliphatic heterocycles. The zero-order valence-electron chi connectivity index (χ0n) is 10.5. The van der Waals surface area contributed by atoms with Crippen molar-refractivity contribution in [2.45, 2.75) is 26.7 Å². The first-order valence-corrected chi connectivity index (χ1v) is 5.59. The highest BCUT2D eigenvalue weighted by Crippen LogP contribution is 2.12. The fraction of sp³-hybridized carbons (Fsp3) is 0.727. The first-order valence-electron chi connectivity index (χ1n) is 5.59. The van der Waals surface area contributed by atoms with Gasteiger partial charge in [0.05, 0.1) is 0 Å². The number of carbonyl (C=O) groups is 2. The number of carbonyl (C=O) groups excluding carboxylic acids is 2. The van der Waals surface area contributed by atoms with E-state index >= 15 is 0 Å². The zero-order chi connectivity index (χ0) is 13.1. The second-order valence-corrected chi connectivity index (χ2v) is 4.97. The fourth-order valence-corrected chi connectivity index (χ4v) is 1.31. The molecule has 2 N–H and O–H groups in total. The van der Waals surface area contributed by atoms with Crippen molar-refractivity contribution in [1.29, 1.82) is 0 Å². The topological polar surface area (TPSA) is 82.0 Å². The summed E-state index contributed by atoms with van der Waals surface area (Å²) in [4.78, 5) is 22.9. The third kappa shape index (κ3) is 3.81. The average molecular weight is 241 g/mol. The molecular formula is C11H19N3O3. The van der Waals surface area contributed by atoms with Gasteiger partial charge in [0.1, 0.15) is 5.71 Å². The van der Waals surface area contributed by atoms with Crippen LogP contribution in [0.25, 0.3) is 0 Å². The molecule has 0 saturated heterocycles. The van der Waals surface area contributed by atoms with Crippen LogP contribution in [0.4, 0.5) is 0 Å². The van der Waals surface area contributed by atoms with Crippen molar-refractivity contribution < 1.29 is 14.7 Å². The lowest BCUT2D eigenvalue weighted by molar-refractivity contribution is -0.130. The van der Waals surface area contributed by atoms with Crippen molar-refractivity contribution in [3.05, 3.63) is 0 Å². The van der Waals surface area contributed by atoms with Gasteiger partial charge in [-0.25, -0.2) is 5.01 Å². The second-order valence-electron chi connectivity index (χ2n) is 4.97. The van der Waals surface area contributed by atoms with E-state index in [1.54, 1.807) is 0 Å². The van der Waals surface area contributed by atoms with Crippen molar-refractivity contribution in [3.8, 4) is 0 Å². The largest absolute Gasteiger partial charge is 0.396 e. The Morgan fingerprint density at radius 2 is 2.18 bits per heavy atom. The summed E-state index contributed by atoms with van der Waals surface area (Å²) in [6.45, 7) is 4.08. The van der Waals surface area contributed by atoms with Gasteiger partial charge in [-0.3, -0.25) is 9.59 Å². The number of nitrogens with one attached hydrogen (secondary N) is 1. The number of hydrazone groups is 1. The molecule has 2 amide bonds. The van der Waals surface area contributed by atoms with Crippen molar-refractivity contribution in [3.63, 3.8) is 0 Å². The highest BCUT2D eigenvalue weighted by Gasteiger charge is 2.24. The lowest BCUT2D eigenvalue weighted by Gasteiger charge is -2.23. The van der Waals surface area contributed by atoms with Crippen LogP contribution in [0.3, 0.4) is 0 Å². The maximum Gasteiger partial charge on any atom is 0.267 e. The molecule has 0 bridgehead atoms. The highest BCUT2D eigenvalue weighted by atomic mass is 16.3. The molecule has 96 valence electrons. The summed E-state index contributed by atoms with van der Waals surface area (Å²) in [6.07, 6.45) is 0.681. The van der Waals surface area contributed by atoms with Crippen LogP contribution in [0.5, 0.6) is 0 Å². The van der Waals surface area contributed by atoms with Crippen molar-refractivity contribution in [2.24, 2.45) is 10.5 Å². The molecule has 1 aliphatic rings. The standard InChI is InChI=1S/C11H19N3O3/c1-11(2,7-15)6-12-10(17)8-4-5-9(16)14(3)13-8/h15H,4-7H2,1-3H3,(H,12,17). The molecule has 0 aromatic heterocycles. The van der Waals surface area contributed by atoms with Crippen molar-refractivity contribution >= 4 is 17.5 Å². The van der Waals surface area contributed by atoms with E-state index in [1.165, 1.54) is 12.1 Å². The van der Waals surface area contributed by atoms with E-state index in [4.69, 9.17) is 5.11 Å². The van der Waals surface area contributed by atoms with Crippen LogP contribution >= 0.6 is 0 Å². The quantitative estimate of drug-likeness (QED) is 0.710. The molecule has 1 rings (SSSR count). The summed E-state index contributed by atoms with van der Waals surface area (Å²) < 4.78 is 0. The molecule has 1 heterocycles. The van der Waals surface area contributed by atoms with Crippen molar-refractivity contribution in [1.82, 2.24) is 10.3 Å². The van der Waals surface area contributed by atoms with Gasteiger partial charge in [0.15, 0.2) is 0 Å². The van der Waals surface area contributed by atoms with Crippen LogP contribution in [0.2, 0.25) is 0 Å². The van der Waals surface area contributed by atoms with Gasteiger partial charge in [-0.15, -0.1) is 0 Å².